The van der Waals surface area contributed by atoms with Gasteiger partial charge in [0.05, 0.1) is 11.6 Å². The first-order valence-electron chi connectivity index (χ1n) is 5.28. The first-order valence-corrected chi connectivity index (χ1v) is 5.66. The third-order valence-corrected chi connectivity index (χ3v) is 2.40. The highest BCUT2D eigenvalue weighted by Gasteiger charge is 2.09. The molecule has 4 heteroatoms. The zero-order valence-electron chi connectivity index (χ0n) is 9.57. The number of para-hydroxylation sites is 1. The van der Waals surface area contributed by atoms with Crippen LogP contribution in [0.3, 0.4) is 0 Å². The molecule has 0 radical (unpaired) electrons. The van der Waals surface area contributed by atoms with Crippen molar-refractivity contribution in [1.82, 2.24) is 0 Å². The van der Waals surface area contributed by atoms with Crippen molar-refractivity contribution in [1.29, 1.82) is 0 Å². The Labute approximate surface area is 101 Å². The van der Waals surface area contributed by atoms with Gasteiger partial charge in [-0.3, -0.25) is 0 Å². The normalized spacial score (nSPS) is 12.5. The van der Waals surface area contributed by atoms with Crippen LogP contribution < -0.4 is 4.74 Å². The third-order valence-electron chi connectivity index (χ3n) is 2.10. The van der Waals surface area contributed by atoms with Crippen molar-refractivity contribution in [2.24, 2.45) is 0 Å². The molecule has 0 amide bonds. The second-order valence-corrected chi connectivity index (χ2v) is 3.92. The number of aliphatic hydroxyl groups excluding tert-OH is 1. The molecule has 3 nitrogen and oxygen atoms in total. The molecular formula is C12H17ClO3. The summed E-state index contributed by atoms with van der Waals surface area (Å²) < 4.78 is 10.5. The van der Waals surface area contributed by atoms with Gasteiger partial charge in [-0.1, -0.05) is 23.7 Å². The molecule has 1 rings (SSSR count). The number of rotatable bonds is 6. The van der Waals surface area contributed by atoms with Gasteiger partial charge >= 0.3 is 0 Å². The molecule has 1 N–H and O–H groups in total. The lowest BCUT2D eigenvalue weighted by molar-refractivity contribution is 0.0163. The van der Waals surface area contributed by atoms with Gasteiger partial charge in [0, 0.05) is 6.61 Å². The summed E-state index contributed by atoms with van der Waals surface area (Å²) in [5.74, 6) is 0.625. The number of aliphatic hydroxyl groups is 1. The van der Waals surface area contributed by atoms with E-state index in [1.807, 2.05) is 26.0 Å². The average molecular weight is 245 g/mol. The molecule has 0 fully saturated rings. The van der Waals surface area contributed by atoms with Gasteiger partial charge in [-0.05, 0) is 25.5 Å². The Morgan fingerprint density at radius 2 is 2.12 bits per heavy atom. The van der Waals surface area contributed by atoms with Crippen LogP contribution in [0, 0.1) is 6.92 Å². The van der Waals surface area contributed by atoms with Gasteiger partial charge in [0.25, 0.3) is 0 Å². The molecule has 1 aromatic rings. The molecule has 90 valence electrons. The van der Waals surface area contributed by atoms with Crippen molar-refractivity contribution in [3.8, 4) is 5.75 Å². The van der Waals surface area contributed by atoms with E-state index in [0.29, 0.717) is 17.4 Å². The number of halogens is 1. The highest BCUT2D eigenvalue weighted by Crippen LogP contribution is 2.27. The summed E-state index contributed by atoms with van der Waals surface area (Å²) in [5, 5.41) is 10.1. The van der Waals surface area contributed by atoms with Crippen molar-refractivity contribution < 1.29 is 14.6 Å². The lowest BCUT2D eigenvalue weighted by Crippen LogP contribution is -2.23. The topological polar surface area (TPSA) is 38.7 Å². The summed E-state index contributed by atoms with van der Waals surface area (Å²) in [7, 11) is 0. The van der Waals surface area contributed by atoms with Gasteiger partial charge in [-0.15, -0.1) is 0 Å². The van der Waals surface area contributed by atoms with Crippen molar-refractivity contribution in [2.75, 3.05) is 19.8 Å². The second-order valence-electron chi connectivity index (χ2n) is 3.51. The zero-order chi connectivity index (χ0) is 12.0. The highest BCUT2D eigenvalue weighted by molar-refractivity contribution is 6.32. The van der Waals surface area contributed by atoms with Gasteiger partial charge in [0.1, 0.15) is 18.5 Å². The van der Waals surface area contributed by atoms with Gasteiger partial charge in [0.2, 0.25) is 0 Å². The maximum absolute atomic E-state index is 9.53. The predicted molar refractivity (Wildman–Crippen MR) is 64.2 cm³/mol. The lowest BCUT2D eigenvalue weighted by atomic mass is 10.2. The smallest absolute Gasteiger partial charge is 0.140 e. The van der Waals surface area contributed by atoms with Crippen molar-refractivity contribution >= 4 is 11.6 Å². The quantitative estimate of drug-likeness (QED) is 0.835. The Bertz CT molecular complexity index is 308. The minimum absolute atomic E-state index is 0.185. The third kappa shape index (κ3) is 4.00. The Morgan fingerprint density at radius 1 is 1.38 bits per heavy atom. The molecule has 1 atom stereocenters. The molecule has 1 aromatic carbocycles. The maximum atomic E-state index is 9.53. The molecule has 16 heavy (non-hydrogen) atoms. The van der Waals surface area contributed by atoms with Crippen LogP contribution in [0.1, 0.15) is 12.5 Å². The minimum atomic E-state index is -0.629. The molecule has 0 heterocycles. The number of ether oxygens (including phenoxy) is 2. The Hall–Kier alpha value is -0.770. The second kappa shape index (κ2) is 6.74. The Kier molecular flexibility index (Phi) is 5.60. The van der Waals surface area contributed by atoms with Gasteiger partial charge in [-0.25, -0.2) is 0 Å². The van der Waals surface area contributed by atoms with Crippen LogP contribution in [-0.4, -0.2) is 31.0 Å². The van der Waals surface area contributed by atoms with Gasteiger partial charge in [-0.2, -0.15) is 0 Å². The van der Waals surface area contributed by atoms with Crippen LogP contribution in [0.25, 0.3) is 0 Å². The van der Waals surface area contributed by atoms with Crippen molar-refractivity contribution in [3.63, 3.8) is 0 Å². The fourth-order valence-corrected chi connectivity index (χ4v) is 1.56. The van der Waals surface area contributed by atoms with E-state index in [4.69, 9.17) is 21.1 Å². The number of benzene rings is 1. The molecule has 0 aliphatic carbocycles. The van der Waals surface area contributed by atoms with E-state index < -0.39 is 6.10 Å². The van der Waals surface area contributed by atoms with E-state index in [1.54, 1.807) is 6.07 Å². The summed E-state index contributed by atoms with van der Waals surface area (Å²) >= 11 is 5.98. The van der Waals surface area contributed by atoms with Crippen LogP contribution in [0.2, 0.25) is 5.02 Å². The van der Waals surface area contributed by atoms with Crippen molar-refractivity contribution in [3.05, 3.63) is 28.8 Å². The Balaban J connectivity index is 2.48. The van der Waals surface area contributed by atoms with Crippen LogP contribution in [-0.2, 0) is 4.74 Å². The van der Waals surface area contributed by atoms with Gasteiger partial charge in [0.15, 0.2) is 0 Å². The summed E-state index contributed by atoms with van der Waals surface area (Å²) in [5.41, 5.74) is 0.955. The zero-order valence-corrected chi connectivity index (χ0v) is 10.3. The number of hydrogen-bond acceptors (Lipinski definition) is 3. The van der Waals surface area contributed by atoms with Crippen LogP contribution in [0.15, 0.2) is 18.2 Å². The molecule has 0 bridgehead atoms. The maximum Gasteiger partial charge on any atom is 0.140 e. The van der Waals surface area contributed by atoms with Crippen LogP contribution in [0.5, 0.6) is 5.75 Å². The molecule has 0 aromatic heterocycles. The molecule has 1 unspecified atom stereocenters. The predicted octanol–water partition coefficient (Wildman–Crippen LogP) is 2.42. The number of hydrogen-bond donors (Lipinski definition) is 1. The summed E-state index contributed by atoms with van der Waals surface area (Å²) in [6.07, 6.45) is -0.629. The van der Waals surface area contributed by atoms with Gasteiger partial charge < -0.3 is 14.6 Å². The van der Waals surface area contributed by atoms with E-state index >= 15 is 0 Å². The molecule has 0 saturated carbocycles. The molecular weight excluding hydrogens is 228 g/mol. The lowest BCUT2D eigenvalue weighted by Gasteiger charge is -2.14. The summed E-state index contributed by atoms with van der Waals surface area (Å²) in [6.45, 7) is 4.84. The first kappa shape index (κ1) is 13.3. The summed E-state index contributed by atoms with van der Waals surface area (Å²) in [4.78, 5) is 0. The summed E-state index contributed by atoms with van der Waals surface area (Å²) in [6, 6.07) is 5.54. The molecule has 0 saturated heterocycles. The number of aryl methyl sites for hydroxylation is 1. The van der Waals surface area contributed by atoms with E-state index in [9.17, 15) is 5.11 Å². The van der Waals surface area contributed by atoms with Crippen LogP contribution in [0.4, 0.5) is 0 Å². The average Bonchev–Trinajstić information content (AvgIpc) is 2.25. The fourth-order valence-electron chi connectivity index (χ4n) is 1.28. The van der Waals surface area contributed by atoms with Crippen molar-refractivity contribution in [2.45, 2.75) is 20.0 Å². The minimum Gasteiger partial charge on any atom is -0.489 e. The first-order chi connectivity index (χ1) is 7.65. The van der Waals surface area contributed by atoms with E-state index in [1.165, 1.54) is 0 Å². The highest BCUT2D eigenvalue weighted by atomic mass is 35.5. The fraction of sp³-hybridized carbons (Fsp3) is 0.500. The largest absolute Gasteiger partial charge is 0.489 e. The van der Waals surface area contributed by atoms with Crippen LogP contribution >= 0.6 is 11.6 Å². The Morgan fingerprint density at radius 3 is 2.75 bits per heavy atom. The molecule has 0 aliphatic rings. The standard InChI is InChI=1S/C12H17ClO3/c1-3-15-7-10(14)8-16-12-9(2)5-4-6-11(12)13/h4-6,10,14H,3,7-8H2,1-2H3. The SMILES string of the molecule is CCOCC(O)COc1c(C)cccc1Cl. The monoisotopic (exact) mass is 244 g/mol. The molecule has 0 aliphatic heterocycles. The molecule has 0 spiro atoms. The van der Waals surface area contributed by atoms with E-state index in [0.717, 1.165) is 5.56 Å². The van der Waals surface area contributed by atoms with E-state index in [2.05, 4.69) is 0 Å². The van der Waals surface area contributed by atoms with E-state index in [-0.39, 0.29) is 13.2 Å².